The highest BCUT2D eigenvalue weighted by atomic mass is 32.2. The molecule has 2 atom stereocenters. The fourth-order valence-corrected chi connectivity index (χ4v) is 5.27. The van der Waals surface area contributed by atoms with Crippen molar-refractivity contribution in [1.29, 1.82) is 0 Å². The van der Waals surface area contributed by atoms with Crippen molar-refractivity contribution in [1.82, 2.24) is 10.2 Å². The smallest absolute Gasteiger partial charge is 0.268 e. The van der Waals surface area contributed by atoms with Gasteiger partial charge in [-0.3, -0.25) is 9.59 Å². The minimum absolute atomic E-state index is 0.0982. The predicted molar refractivity (Wildman–Crippen MR) is 124 cm³/mol. The summed E-state index contributed by atoms with van der Waals surface area (Å²) >= 11 is 1.42. The van der Waals surface area contributed by atoms with Gasteiger partial charge in [0.25, 0.3) is 5.91 Å². The van der Waals surface area contributed by atoms with Crippen LogP contribution in [0.1, 0.15) is 31.2 Å². The molecule has 1 saturated carbocycles. The van der Waals surface area contributed by atoms with Crippen LogP contribution in [0, 0.1) is 5.92 Å². The molecule has 168 valence electrons. The molecule has 0 radical (unpaired) electrons. The topological polar surface area (TPSA) is 92.6 Å². The largest absolute Gasteiger partial charge is 0.493 e. The van der Waals surface area contributed by atoms with Crippen molar-refractivity contribution in [2.75, 3.05) is 27.3 Å². The maximum atomic E-state index is 12.8. The van der Waals surface area contributed by atoms with Gasteiger partial charge in [-0.05, 0) is 48.8 Å². The molecule has 8 nitrogen and oxygen atoms in total. The number of fused-ring (bicyclic) bond motifs is 1. The van der Waals surface area contributed by atoms with E-state index in [-0.39, 0.29) is 17.7 Å². The number of likely N-dealkylation sites (tertiary alicyclic amines) is 1. The summed E-state index contributed by atoms with van der Waals surface area (Å²) < 4.78 is 10.8. The molecular formula is C23H26N4O4S. The van der Waals surface area contributed by atoms with Crippen LogP contribution in [0.25, 0.3) is 5.57 Å². The van der Waals surface area contributed by atoms with E-state index >= 15 is 0 Å². The highest BCUT2D eigenvalue weighted by Gasteiger charge is 2.38. The maximum Gasteiger partial charge on any atom is 0.268 e. The average Bonchev–Trinajstić information content (AvgIpc) is 3.53. The van der Waals surface area contributed by atoms with E-state index in [9.17, 15) is 9.59 Å². The number of hydrogen-bond donors (Lipinski definition) is 1. The van der Waals surface area contributed by atoms with E-state index in [1.165, 1.54) is 11.8 Å². The number of carbonyl (C=O) groups excluding carboxylic acids is 2. The Morgan fingerprint density at radius 1 is 1.16 bits per heavy atom. The summed E-state index contributed by atoms with van der Waals surface area (Å²) in [6, 6.07) is 6.02. The second kappa shape index (κ2) is 8.61. The van der Waals surface area contributed by atoms with Crippen molar-refractivity contribution < 1.29 is 19.1 Å². The fraction of sp³-hybridized carbons (Fsp3) is 0.478. The maximum absolute atomic E-state index is 12.8. The number of thioether (sulfide) groups is 1. The molecule has 32 heavy (non-hydrogen) atoms. The summed E-state index contributed by atoms with van der Waals surface area (Å²) in [7, 11) is 3.20. The first-order valence-electron chi connectivity index (χ1n) is 10.9. The van der Waals surface area contributed by atoms with E-state index < -0.39 is 5.25 Å². The Morgan fingerprint density at radius 3 is 2.72 bits per heavy atom. The van der Waals surface area contributed by atoms with Gasteiger partial charge in [0.15, 0.2) is 11.5 Å². The number of benzene rings is 1. The lowest BCUT2D eigenvalue weighted by atomic mass is 9.97. The lowest BCUT2D eigenvalue weighted by molar-refractivity contribution is -0.126. The third-order valence-corrected chi connectivity index (χ3v) is 7.26. The molecule has 1 aromatic rings. The van der Waals surface area contributed by atoms with E-state index in [2.05, 4.69) is 10.3 Å². The molecule has 9 heteroatoms. The first-order chi connectivity index (χ1) is 15.6. The zero-order valence-electron chi connectivity index (χ0n) is 18.2. The quantitative estimate of drug-likeness (QED) is 0.735. The first kappa shape index (κ1) is 21.1. The Morgan fingerprint density at radius 2 is 1.97 bits per heavy atom. The van der Waals surface area contributed by atoms with E-state index in [1.807, 2.05) is 28.5 Å². The Bertz CT molecular complexity index is 1050. The van der Waals surface area contributed by atoms with Crippen LogP contribution >= 0.6 is 11.8 Å². The number of nitrogens with one attached hydrogen (secondary N) is 1. The Labute approximate surface area is 191 Å². The fourth-order valence-electron chi connectivity index (χ4n) is 4.27. The van der Waals surface area contributed by atoms with Crippen LogP contribution in [0.5, 0.6) is 11.5 Å². The highest BCUT2D eigenvalue weighted by Crippen LogP contribution is 2.39. The van der Waals surface area contributed by atoms with Crippen molar-refractivity contribution in [3.8, 4) is 11.5 Å². The van der Waals surface area contributed by atoms with Gasteiger partial charge in [0.05, 0.1) is 25.8 Å². The molecule has 3 heterocycles. The molecule has 2 fully saturated rings. The van der Waals surface area contributed by atoms with Crippen LogP contribution in [-0.2, 0) is 9.59 Å². The monoisotopic (exact) mass is 454 g/mol. The average molecular weight is 455 g/mol. The molecule has 1 aliphatic carbocycles. The summed E-state index contributed by atoms with van der Waals surface area (Å²) in [6.07, 6.45) is 3.86. The van der Waals surface area contributed by atoms with Crippen molar-refractivity contribution in [2.45, 2.75) is 37.0 Å². The predicted octanol–water partition coefficient (Wildman–Crippen LogP) is 2.49. The van der Waals surface area contributed by atoms with E-state index in [1.54, 1.807) is 14.2 Å². The first-order valence-corrected chi connectivity index (χ1v) is 11.9. The number of piperidine rings is 1. The van der Waals surface area contributed by atoms with Gasteiger partial charge < -0.3 is 19.7 Å². The standard InChI is InChI=1S/C23H26N4O4S/c1-30-17-8-5-13(10-18(17)31-2)16-12-32-20-19(16)25-23(26-22(20)29)27-9-3-4-14(11-27)21(28)24-15-6-7-15/h5,8,10,12,14-15,20H,3-4,6-7,9,11H2,1-2H3,(H,24,28). The van der Waals surface area contributed by atoms with E-state index in [0.29, 0.717) is 35.8 Å². The summed E-state index contributed by atoms with van der Waals surface area (Å²) in [4.78, 5) is 36.5. The number of aliphatic imine (C=N–C) groups is 2. The van der Waals surface area contributed by atoms with Gasteiger partial charge in [-0.25, -0.2) is 4.99 Å². The van der Waals surface area contributed by atoms with Gasteiger partial charge in [0.1, 0.15) is 5.25 Å². The van der Waals surface area contributed by atoms with Crippen LogP contribution in [0.3, 0.4) is 0 Å². The van der Waals surface area contributed by atoms with Gasteiger partial charge in [-0.2, -0.15) is 4.99 Å². The zero-order valence-corrected chi connectivity index (χ0v) is 19.0. The van der Waals surface area contributed by atoms with Crippen LogP contribution in [0.4, 0.5) is 0 Å². The highest BCUT2D eigenvalue weighted by molar-refractivity contribution is 8.05. The van der Waals surface area contributed by atoms with Crippen molar-refractivity contribution in [3.63, 3.8) is 0 Å². The minimum atomic E-state index is -0.430. The lowest BCUT2D eigenvalue weighted by Crippen LogP contribution is -2.47. The van der Waals surface area contributed by atoms with Gasteiger partial charge in [0, 0.05) is 24.7 Å². The van der Waals surface area contributed by atoms with Crippen molar-refractivity contribution >= 4 is 40.8 Å². The molecule has 5 rings (SSSR count). The summed E-state index contributed by atoms with van der Waals surface area (Å²) in [5.41, 5.74) is 2.51. The number of ether oxygens (including phenoxy) is 2. The summed E-state index contributed by atoms with van der Waals surface area (Å²) in [5, 5.41) is 4.63. The number of hydrogen-bond acceptors (Lipinski definition) is 7. The van der Waals surface area contributed by atoms with Crippen molar-refractivity contribution in [2.24, 2.45) is 15.9 Å². The van der Waals surface area contributed by atoms with Gasteiger partial charge in [0.2, 0.25) is 11.9 Å². The SMILES string of the molecule is COc1ccc(C2=CSC3C(=O)N=C(N4CCCC(C(=O)NC5CC5)C4)N=C23)cc1OC. The number of amides is 2. The Balaban J connectivity index is 1.38. The number of carbonyl (C=O) groups is 2. The molecule has 0 aromatic heterocycles. The third-order valence-electron chi connectivity index (χ3n) is 6.19. The molecule has 2 unspecified atom stereocenters. The molecule has 1 aromatic carbocycles. The molecule has 4 aliphatic rings. The minimum Gasteiger partial charge on any atom is -0.493 e. The van der Waals surface area contributed by atoms with Crippen LogP contribution in [0.2, 0.25) is 0 Å². The molecule has 3 aliphatic heterocycles. The summed E-state index contributed by atoms with van der Waals surface area (Å²) in [5.74, 6) is 1.49. The van der Waals surface area contributed by atoms with Crippen LogP contribution in [0.15, 0.2) is 33.6 Å². The van der Waals surface area contributed by atoms with Crippen molar-refractivity contribution in [3.05, 3.63) is 29.2 Å². The normalized spacial score (nSPS) is 24.9. The van der Waals surface area contributed by atoms with E-state index in [4.69, 9.17) is 14.5 Å². The summed E-state index contributed by atoms with van der Waals surface area (Å²) in [6.45, 7) is 1.28. The number of allylic oxidation sites excluding steroid dienone is 1. The lowest BCUT2D eigenvalue weighted by Gasteiger charge is -2.33. The second-order valence-corrected chi connectivity index (χ2v) is 9.41. The number of nitrogens with zero attached hydrogens (tertiary/aromatic N) is 3. The van der Waals surface area contributed by atoms with Crippen LogP contribution < -0.4 is 14.8 Å². The van der Waals surface area contributed by atoms with Crippen LogP contribution in [-0.4, -0.2) is 67.0 Å². The molecule has 0 spiro atoms. The van der Waals surface area contributed by atoms with Gasteiger partial charge >= 0.3 is 0 Å². The Kier molecular flexibility index (Phi) is 5.67. The van der Waals surface area contributed by atoms with Gasteiger partial charge in [-0.15, -0.1) is 11.8 Å². The Hall–Kier alpha value is -2.81. The molecular weight excluding hydrogens is 428 g/mol. The van der Waals surface area contributed by atoms with Gasteiger partial charge in [-0.1, -0.05) is 6.07 Å². The molecule has 0 bridgehead atoms. The molecule has 2 amide bonds. The number of rotatable bonds is 5. The molecule has 1 saturated heterocycles. The molecule has 1 N–H and O–H groups in total. The second-order valence-electron chi connectivity index (χ2n) is 8.43. The zero-order chi connectivity index (χ0) is 22.2. The van der Waals surface area contributed by atoms with E-state index in [0.717, 1.165) is 43.4 Å². The number of methoxy groups -OCH3 is 2. The number of guanidine groups is 1. The third kappa shape index (κ3) is 4.01.